The van der Waals surface area contributed by atoms with Crippen molar-refractivity contribution in [1.82, 2.24) is 4.90 Å². The van der Waals surface area contributed by atoms with Crippen molar-refractivity contribution in [2.24, 2.45) is 0 Å². The Morgan fingerprint density at radius 3 is 2.00 bits per heavy atom. The number of hydrogen-bond donors (Lipinski definition) is 1. The first-order valence-corrected chi connectivity index (χ1v) is 6.66. The Morgan fingerprint density at radius 1 is 1.23 bits per heavy atom. The maximum Gasteiger partial charge on any atom is 0.0331 e. The molecule has 0 aliphatic carbocycles. The third kappa shape index (κ3) is 4.61. The van der Waals surface area contributed by atoms with Crippen LogP contribution in [-0.4, -0.2) is 28.8 Å². The highest BCUT2D eigenvalue weighted by Crippen LogP contribution is 2.30. The standard InChI is InChI=1S/C10H23NS2/c1-7-9(2,3)11(6)8-10(4,5)13-12/h12H,7-8H2,1-6H3. The molecule has 0 atom stereocenters. The van der Waals surface area contributed by atoms with Crippen LogP contribution in [0.25, 0.3) is 0 Å². The van der Waals surface area contributed by atoms with Crippen molar-refractivity contribution in [2.75, 3.05) is 13.6 Å². The molecule has 0 N–H and O–H groups in total. The second-order valence-electron chi connectivity index (χ2n) is 4.87. The van der Waals surface area contributed by atoms with Gasteiger partial charge >= 0.3 is 0 Å². The predicted molar refractivity (Wildman–Crippen MR) is 67.7 cm³/mol. The highest BCUT2D eigenvalue weighted by molar-refractivity contribution is 8.69. The zero-order chi connectivity index (χ0) is 10.7. The lowest BCUT2D eigenvalue weighted by Crippen LogP contribution is -2.46. The molecule has 0 aliphatic rings. The molecule has 0 saturated heterocycles. The summed E-state index contributed by atoms with van der Waals surface area (Å²) in [5.74, 6) is 0. The van der Waals surface area contributed by atoms with Gasteiger partial charge in [-0.3, -0.25) is 4.90 Å². The van der Waals surface area contributed by atoms with Gasteiger partial charge in [-0.2, -0.15) is 0 Å². The average Bonchev–Trinajstić information content (AvgIpc) is 2.04. The van der Waals surface area contributed by atoms with Crippen molar-refractivity contribution in [3.63, 3.8) is 0 Å². The van der Waals surface area contributed by atoms with Crippen molar-refractivity contribution >= 4 is 22.5 Å². The van der Waals surface area contributed by atoms with Crippen LogP contribution in [0, 0.1) is 0 Å². The maximum atomic E-state index is 4.29. The quantitative estimate of drug-likeness (QED) is 0.559. The highest BCUT2D eigenvalue weighted by Gasteiger charge is 2.27. The summed E-state index contributed by atoms with van der Waals surface area (Å²) in [6.45, 7) is 12.3. The molecular formula is C10H23NS2. The van der Waals surface area contributed by atoms with Crippen LogP contribution >= 0.6 is 22.5 Å². The molecular weight excluding hydrogens is 198 g/mol. The first kappa shape index (κ1) is 13.7. The van der Waals surface area contributed by atoms with Gasteiger partial charge in [-0.25, -0.2) is 0 Å². The third-order valence-electron chi connectivity index (χ3n) is 2.76. The van der Waals surface area contributed by atoms with Crippen LogP contribution in [0.15, 0.2) is 0 Å². The molecule has 0 unspecified atom stereocenters. The van der Waals surface area contributed by atoms with Gasteiger partial charge in [-0.15, -0.1) is 11.7 Å². The topological polar surface area (TPSA) is 3.24 Å². The molecule has 0 aromatic rings. The minimum absolute atomic E-state index is 0.226. The fourth-order valence-corrected chi connectivity index (χ4v) is 1.51. The van der Waals surface area contributed by atoms with Gasteiger partial charge in [-0.1, -0.05) is 17.7 Å². The minimum Gasteiger partial charge on any atom is -0.300 e. The summed E-state index contributed by atoms with van der Waals surface area (Å²) in [4.78, 5) is 2.41. The van der Waals surface area contributed by atoms with E-state index in [1.54, 1.807) is 10.8 Å². The molecule has 1 nitrogen and oxygen atoms in total. The van der Waals surface area contributed by atoms with Gasteiger partial charge in [-0.05, 0) is 41.2 Å². The lowest BCUT2D eigenvalue weighted by molar-refractivity contribution is 0.141. The molecule has 80 valence electrons. The summed E-state index contributed by atoms with van der Waals surface area (Å²) >= 11 is 4.29. The van der Waals surface area contributed by atoms with Crippen molar-refractivity contribution in [1.29, 1.82) is 0 Å². The van der Waals surface area contributed by atoms with E-state index in [9.17, 15) is 0 Å². The van der Waals surface area contributed by atoms with E-state index in [0.717, 1.165) is 6.54 Å². The summed E-state index contributed by atoms with van der Waals surface area (Å²) in [6.07, 6.45) is 1.18. The van der Waals surface area contributed by atoms with Gasteiger partial charge in [0.25, 0.3) is 0 Å². The average molecular weight is 221 g/mol. The molecule has 0 spiro atoms. The van der Waals surface area contributed by atoms with Crippen LogP contribution in [0.2, 0.25) is 0 Å². The van der Waals surface area contributed by atoms with E-state index in [0.29, 0.717) is 5.54 Å². The van der Waals surface area contributed by atoms with E-state index in [-0.39, 0.29) is 4.75 Å². The second-order valence-corrected chi connectivity index (χ2v) is 6.71. The van der Waals surface area contributed by atoms with Gasteiger partial charge in [0, 0.05) is 16.8 Å². The normalized spacial score (nSPS) is 13.8. The van der Waals surface area contributed by atoms with Crippen LogP contribution in [0.5, 0.6) is 0 Å². The van der Waals surface area contributed by atoms with Crippen molar-refractivity contribution in [2.45, 2.75) is 51.3 Å². The Morgan fingerprint density at radius 2 is 1.69 bits per heavy atom. The van der Waals surface area contributed by atoms with Crippen LogP contribution in [0.3, 0.4) is 0 Å². The van der Waals surface area contributed by atoms with Gasteiger partial charge in [0.2, 0.25) is 0 Å². The van der Waals surface area contributed by atoms with E-state index < -0.39 is 0 Å². The van der Waals surface area contributed by atoms with E-state index >= 15 is 0 Å². The molecule has 0 aliphatic heterocycles. The van der Waals surface area contributed by atoms with Crippen molar-refractivity contribution in [3.05, 3.63) is 0 Å². The monoisotopic (exact) mass is 221 g/mol. The predicted octanol–water partition coefficient (Wildman–Crippen LogP) is 3.46. The molecule has 0 rings (SSSR count). The maximum absolute atomic E-state index is 4.29. The first-order valence-electron chi connectivity index (χ1n) is 4.79. The van der Waals surface area contributed by atoms with Gasteiger partial charge in [0.1, 0.15) is 0 Å². The van der Waals surface area contributed by atoms with Crippen LogP contribution in [0.4, 0.5) is 0 Å². The number of nitrogens with zero attached hydrogens (tertiary/aromatic N) is 1. The smallest absolute Gasteiger partial charge is 0.0331 e. The van der Waals surface area contributed by atoms with Gasteiger partial charge in [0.05, 0.1) is 0 Å². The minimum atomic E-state index is 0.226. The number of rotatable bonds is 5. The van der Waals surface area contributed by atoms with E-state index in [1.165, 1.54) is 6.42 Å². The van der Waals surface area contributed by atoms with Crippen molar-refractivity contribution in [3.8, 4) is 0 Å². The molecule has 13 heavy (non-hydrogen) atoms. The van der Waals surface area contributed by atoms with Crippen LogP contribution in [0.1, 0.15) is 41.0 Å². The zero-order valence-electron chi connectivity index (χ0n) is 9.72. The Bertz CT molecular complexity index is 155. The molecule has 0 fully saturated rings. The lowest BCUT2D eigenvalue weighted by Gasteiger charge is -2.39. The Labute approximate surface area is 92.5 Å². The highest BCUT2D eigenvalue weighted by atomic mass is 33.1. The summed E-state index contributed by atoms with van der Waals surface area (Å²) < 4.78 is 0.226. The largest absolute Gasteiger partial charge is 0.300 e. The van der Waals surface area contributed by atoms with E-state index in [2.05, 4.69) is 58.2 Å². The zero-order valence-corrected chi connectivity index (χ0v) is 11.4. The molecule has 0 heterocycles. The molecule has 0 saturated carbocycles. The lowest BCUT2D eigenvalue weighted by atomic mass is 9.98. The SMILES string of the molecule is CCC(C)(C)N(C)CC(C)(C)SS. The fourth-order valence-electron chi connectivity index (χ4n) is 1.08. The molecule has 0 aromatic carbocycles. The molecule has 3 heteroatoms. The summed E-state index contributed by atoms with van der Waals surface area (Å²) in [5.41, 5.74) is 0.292. The molecule has 0 amide bonds. The van der Waals surface area contributed by atoms with Crippen LogP contribution < -0.4 is 0 Å². The van der Waals surface area contributed by atoms with E-state index in [4.69, 9.17) is 0 Å². The van der Waals surface area contributed by atoms with Crippen molar-refractivity contribution < 1.29 is 0 Å². The summed E-state index contributed by atoms with van der Waals surface area (Å²) in [6, 6.07) is 0. The molecule has 0 bridgehead atoms. The van der Waals surface area contributed by atoms with E-state index in [1.807, 2.05) is 0 Å². The molecule has 0 radical (unpaired) electrons. The second kappa shape index (κ2) is 4.94. The summed E-state index contributed by atoms with van der Waals surface area (Å²) in [5, 5.41) is 0. The van der Waals surface area contributed by atoms with Gasteiger partial charge in [0.15, 0.2) is 0 Å². The summed E-state index contributed by atoms with van der Waals surface area (Å²) in [7, 11) is 3.82. The Hall–Kier alpha value is 0.660. The Kier molecular flexibility index (Phi) is 5.19. The molecule has 0 aromatic heterocycles. The number of hydrogen-bond acceptors (Lipinski definition) is 3. The van der Waals surface area contributed by atoms with Crippen LogP contribution in [-0.2, 0) is 0 Å². The first-order chi connectivity index (χ1) is 5.75. The third-order valence-corrected chi connectivity index (χ3v) is 4.87. The van der Waals surface area contributed by atoms with Gasteiger partial charge < -0.3 is 0 Å². The number of thiol groups is 1. The fraction of sp³-hybridized carbons (Fsp3) is 1.00. The Balaban J connectivity index is 4.22.